The minimum Gasteiger partial charge on any atom is -0.497 e. The zero-order chi connectivity index (χ0) is 26.4. The number of ether oxygens (including phenoxy) is 1. The molecule has 0 aliphatic carbocycles. The second-order valence-corrected chi connectivity index (χ2v) is 9.55. The number of aromatic nitrogens is 2. The quantitative estimate of drug-likeness (QED) is 0.287. The maximum Gasteiger partial charge on any atom is 0.225 e. The van der Waals surface area contributed by atoms with Crippen LogP contribution in [0.2, 0.25) is 0 Å². The van der Waals surface area contributed by atoms with E-state index in [1.54, 1.807) is 55.9 Å². The number of carbonyl (C=O) groups is 2. The van der Waals surface area contributed by atoms with Crippen molar-refractivity contribution in [3.05, 3.63) is 114 Å². The summed E-state index contributed by atoms with van der Waals surface area (Å²) in [7, 11) is 1.65. The van der Waals surface area contributed by atoms with Gasteiger partial charge in [0.05, 0.1) is 7.11 Å². The number of ketones is 1. The predicted molar refractivity (Wildman–Crippen MR) is 155 cm³/mol. The molecule has 200 valence electrons. The number of hydrogen-bond acceptors (Lipinski definition) is 6. The van der Waals surface area contributed by atoms with Gasteiger partial charge in [-0.25, -0.2) is 9.97 Å². The molecule has 0 saturated carbocycles. The maximum atomic E-state index is 13.5. The monoisotopic (exact) mass is 542 g/mol. The van der Waals surface area contributed by atoms with Crippen molar-refractivity contribution >= 4 is 35.7 Å². The van der Waals surface area contributed by atoms with Gasteiger partial charge in [0.15, 0.2) is 5.78 Å². The molecule has 1 aromatic heterocycles. The Balaban J connectivity index is 0.00000353. The lowest BCUT2D eigenvalue weighted by molar-refractivity contribution is -0.117. The van der Waals surface area contributed by atoms with Gasteiger partial charge in [-0.3, -0.25) is 9.59 Å². The summed E-state index contributed by atoms with van der Waals surface area (Å²) in [5.41, 5.74) is 2.46. The van der Waals surface area contributed by atoms with Gasteiger partial charge in [-0.05, 0) is 48.7 Å². The molecule has 1 saturated heterocycles. The summed E-state index contributed by atoms with van der Waals surface area (Å²) in [6.45, 7) is 1.46. The SMILES string of the molecule is COc1cccc(C2(CC(=O)Nc3cccc(C(=O)c4ccccc4)c3)CCN(c3ncccn3)CC2)c1.Cl. The standard InChI is InChI=1S/C31H30N4O3.ClH/c1-38-27-13-6-11-25(21-27)31(14-18-35(19-15-31)30-32-16-7-17-33-30)22-28(36)34-26-12-5-10-24(20-26)29(37)23-8-3-2-4-9-23;/h2-13,16-17,20-21H,14-15,18-19,22H2,1H3,(H,34,36);1H. The van der Waals surface area contributed by atoms with E-state index in [1.807, 2.05) is 42.5 Å². The topological polar surface area (TPSA) is 84.4 Å². The van der Waals surface area contributed by atoms with Gasteiger partial charge in [0, 0.05) is 54.1 Å². The minimum absolute atomic E-state index is 0. The second-order valence-electron chi connectivity index (χ2n) is 9.55. The predicted octanol–water partition coefficient (Wildman–Crippen LogP) is 5.71. The fraction of sp³-hybridized carbons (Fsp3) is 0.226. The molecule has 1 aliphatic heterocycles. The number of nitrogens with zero attached hydrogens (tertiary/aromatic N) is 3. The first-order valence-corrected chi connectivity index (χ1v) is 12.7. The average molecular weight is 543 g/mol. The number of rotatable bonds is 8. The van der Waals surface area contributed by atoms with Gasteiger partial charge in [0.25, 0.3) is 0 Å². The highest BCUT2D eigenvalue weighted by Gasteiger charge is 2.39. The molecule has 39 heavy (non-hydrogen) atoms. The van der Waals surface area contributed by atoms with Crippen molar-refractivity contribution in [2.75, 3.05) is 30.4 Å². The van der Waals surface area contributed by atoms with Crippen molar-refractivity contribution in [3.63, 3.8) is 0 Å². The number of anilines is 2. The van der Waals surface area contributed by atoms with Crippen LogP contribution in [0.4, 0.5) is 11.6 Å². The Labute approximate surface area is 234 Å². The summed E-state index contributed by atoms with van der Waals surface area (Å²) >= 11 is 0. The number of nitrogens with one attached hydrogen (secondary N) is 1. The molecule has 4 aromatic rings. The third kappa shape index (κ3) is 6.44. The number of benzene rings is 3. The van der Waals surface area contributed by atoms with Gasteiger partial charge in [0.1, 0.15) is 5.75 Å². The zero-order valence-electron chi connectivity index (χ0n) is 21.7. The number of hydrogen-bond donors (Lipinski definition) is 1. The molecule has 0 unspecified atom stereocenters. The first-order valence-electron chi connectivity index (χ1n) is 12.7. The van der Waals surface area contributed by atoms with Crippen LogP contribution in [0.5, 0.6) is 5.75 Å². The number of amides is 1. The van der Waals surface area contributed by atoms with E-state index in [9.17, 15) is 9.59 Å². The van der Waals surface area contributed by atoms with Crippen LogP contribution >= 0.6 is 12.4 Å². The van der Waals surface area contributed by atoms with Gasteiger partial charge in [0.2, 0.25) is 11.9 Å². The highest BCUT2D eigenvalue weighted by atomic mass is 35.5. The van der Waals surface area contributed by atoms with E-state index in [1.165, 1.54) is 0 Å². The largest absolute Gasteiger partial charge is 0.497 e. The van der Waals surface area contributed by atoms with Crippen molar-refractivity contribution in [1.29, 1.82) is 0 Å². The molecule has 1 fully saturated rings. The number of carbonyl (C=O) groups excluding carboxylic acids is 2. The Bertz CT molecular complexity index is 1410. The highest BCUT2D eigenvalue weighted by Crippen LogP contribution is 2.40. The van der Waals surface area contributed by atoms with Crippen LogP contribution in [0.3, 0.4) is 0 Å². The molecule has 0 bridgehead atoms. The molecule has 0 atom stereocenters. The van der Waals surface area contributed by atoms with Gasteiger partial charge >= 0.3 is 0 Å². The molecule has 1 aliphatic rings. The van der Waals surface area contributed by atoms with Gasteiger partial charge in [-0.15, -0.1) is 12.4 Å². The lowest BCUT2D eigenvalue weighted by atomic mass is 9.70. The van der Waals surface area contributed by atoms with E-state index < -0.39 is 0 Å². The lowest BCUT2D eigenvalue weighted by Gasteiger charge is -2.42. The van der Waals surface area contributed by atoms with Crippen molar-refractivity contribution in [1.82, 2.24) is 9.97 Å². The third-order valence-electron chi connectivity index (χ3n) is 7.18. The van der Waals surface area contributed by atoms with Crippen LogP contribution in [0.25, 0.3) is 0 Å². The molecule has 3 aromatic carbocycles. The number of halogens is 1. The summed E-state index contributed by atoms with van der Waals surface area (Å²) in [6.07, 6.45) is 5.32. The van der Waals surface area contributed by atoms with Crippen molar-refractivity contribution < 1.29 is 14.3 Å². The Morgan fingerprint density at radius 2 is 1.56 bits per heavy atom. The molecule has 0 radical (unpaired) electrons. The Hall–Kier alpha value is -4.23. The molecule has 8 heteroatoms. The van der Waals surface area contributed by atoms with E-state index in [-0.39, 0.29) is 29.5 Å². The molecule has 7 nitrogen and oxygen atoms in total. The molecular formula is C31H31ClN4O3. The van der Waals surface area contributed by atoms with Crippen LogP contribution < -0.4 is 15.0 Å². The van der Waals surface area contributed by atoms with Crippen molar-refractivity contribution in [2.24, 2.45) is 0 Å². The van der Waals surface area contributed by atoms with E-state index in [2.05, 4.69) is 26.3 Å². The fourth-order valence-corrected chi connectivity index (χ4v) is 5.12. The van der Waals surface area contributed by atoms with Crippen LogP contribution in [-0.4, -0.2) is 41.9 Å². The Kier molecular flexibility index (Phi) is 8.94. The highest BCUT2D eigenvalue weighted by molar-refractivity contribution is 6.09. The molecule has 5 rings (SSSR count). The lowest BCUT2D eigenvalue weighted by Crippen LogP contribution is -2.45. The smallest absolute Gasteiger partial charge is 0.225 e. The van der Waals surface area contributed by atoms with Crippen LogP contribution in [0.1, 0.15) is 40.7 Å². The first-order chi connectivity index (χ1) is 18.6. The van der Waals surface area contributed by atoms with Gasteiger partial charge < -0.3 is 15.0 Å². The summed E-state index contributed by atoms with van der Waals surface area (Å²) in [5, 5.41) is 3.04. The zero-order valence-corrected chi connectivity index (χ0v) is 22.6. The molecule has 2 heterocycles. The number of methoxy groups -OCH3 is 1. The molecule has 1 N–H and O–H groups in total. The average Bonchev–Trinajstić information content (AvgIpc) is 2.98. The Morgan fingerprint density at radius 3 is 2.28 bits per heavy atom. The van der Waals surface area contributed by atoms with Crippen molar-refractivity contribution in [3.8, 4) is 5.75 Å². The van der Waals surface area contributed by atoms with E-state index in [4.69, 9.17) is 4.74 Å². The summed E-state index contributed by atoms with van der Waals surface area (Å²) in [4.78, 5) is 37.3. The van der Waals surface area contributed by atoms with E-state index >= 15 is 0 Å². The molecular weight excluding hydrogens is 512 g/mol. The third-order valence-corrected chi connectivity index (χ3v) is 7.18. The maximum absolute atomic E-state index is 13.5. The van der Waals surface area contributed by atoms with E-state index in [0.29, 0.717) is 29.2 Å². The van der Waals surface area contributed by atoms with Crippen LogP contribution in [-0.2, 0) is 10.2 Å². The minimum atomic E-state index is -0.374. The van der Waals surface area contributed by atoms with Gasteiger partial charge in [-0.2, -0.15) is 0 Å². The second kappa shape index (κ2) is 12.5. The summed E-state index contributed by atoms with van der Waals surface area (Å²) in [5.74, 6) is 1.30. The summed E-state index contributed by atoms with van der Waals surface area (Å²) < 4.78 is 5.49. The molecule has 0 spiro atoms. The Morgan fingerprint density at radius 1 is 0.872 bits per heavy atom. The van der Waals surface area contributed by atoms with Crippen LogP contribution in [0, 0.1) is 0 Å². The first kappa shape index (κ1) is 27.8. The number of piperidine rings is 1. The van der Waals surface area contributed by atoms with E-state index in [0.717, 1.165) is 37.2 Å². The van der Waals surface area contributed by atoms with Crippen LogP contribution in [0.15, 0.2) is 97.3 Å². The summed E-state index contributed by atoms with van der Waals surface area (Å²) in [6, 6.07) is 26.0. The van der Waals surface area contributed by atoms with Crippen molar-refractivity contribution in [2.45, 2.75) is 24.7 Å². The fourth-order valence-electron chi connectivity index (χ4n) is 5.12. The normalized spacial score (nSPS) is 14.1. The molecule has 1 amide bonds. The van der Waals surface area contributed by atoms with Gasteiger partial charge in [-0.1, -0.05) is 54.6 Å².